The Morgan fingerprint density at radius 1 is 1.11 bits per heavy atom. The van der Waals surface area contributed by atoms with Gasteiger partial charge in [0.15, 0.2) is 18.4 Å². The van der Waals surface area contributed by atoms with Crippen LogP contribution in [0, 0.1) is 11.7 Å². The summed E-state index contributed by atoms with van der Waals surface area (Å²) < 4.78 is 95.6. The van der Waals surface area contributed by atoms with Crippen LogP contribution in [0.4, 0.5) is 37.8 Å². The number of nitrogens with zero attached hydrogens (tertiary/aromatic N) is 5. The highest BCUT2D eigenvalue weighted by Crippen LogP contribution is 2.46. The van der Waals surface area contributed by atoms with Crippen LogP contribution in [0.2, 0.25) is 5.02 Å². The molecule has 0 aliphatic carbocycles. The monoisotopic (exact) mass is 671 g/mol. The van der Waals surface area contributed by atoms with Gasteiger partial charge in [0.2, 0.25) is 0 Å². The minimum absolute atomic E-state index is 0.0213. The van der Waals surface area contributed by atoms with Gasteiger partial charge in [0.25, 0.3) is 0 Å². The molecule has 250 valence electrons. The number of ether oxygens (including phenoxy) is 1. The minimum Gasteiger partial charge on any atom is -0.461 e. The lowest BCUT2D eigenvalue weighted by atomic mass is 9.93. The number of aromatic nitrogens is 3. The van der Waals surface area contributed by atoms with Crippen molar-refractivity contribution in [2.75, 3.05) is 36.9 Å². The number of benzene rings is 1. The highest BCUT2D eigenvalue weighted by Gasteiger charge is 2.47. The normalized spacial score (nSPS) is 25.5. The number of halogens is 7. The molecule has 8 nitrogen and oxygen atoms in total. The van der Waals surface area contributed by atoms with E-state index in [0.717, 1.165) is 50.9 Å². The summed E-state index contributed by atoms with van der Waals surface area (Å²) in [6, 6.07) is 0.733. The average Bonchev–Trinajstić information content (AvgIpc) is 3.54. The number of alkyl halides is 5. The van der Waals surface area contributed by atoms with Gasteiger partial charge in [-0.05, 0) is 63.2 Å². The van der Waals surface area contributed by atoms with Gasteiger partial charge in [-0.1, -0.05) is 32.4 Å². The van der Waals surface area contributed by atoms with Crippen molar-refractivity contribution < 1.29 is 31.1 Å². The molecular weight excluding hydrogens is 636 g/mol. The summed E-state index contributed by atoms with van der Waals surface area (Å²) in [6.07, 6.45) is -4.70. The van der Waals surface area contributed by atoms with Gasteiger partial charge in [-0.25, -0.2) is 18.2 Å². The Morgan fingerprint density at radius 2 is 1.80 bits per heavy atom. The number of nitrogens with two attached hydrogens (primary N) is 1. The Morgan fingerprint density at radius 3 is 2.48 bits per heavy atom. The summed E-state index contributed by atoms with van der Waals surface area (Å²) in [6.45, 7) is 7.49. The van der Waals surface area contributed by atoms with Crippen molar-refractivity contribution in [1.29, 1.82) is 0 Å². The van der Waals surface area contributed by atoms with Gasteiger partial charge in [-0.2, -0.15) is 23.1 Å². The third kappa shape index (κ3) is 5.49. The number of hydrogen-bond donors (Lipinski definition) is 2. The lowest BCUT2D eigenvalue weighted by molar-refractivity contribution is -0.137. The number of fused-ring (bicyclic) bond motifs is 3. The maximum Gasteiger partial charge on any atom is 0.418 e. The van der Waals surface area contributed by atoms with E-state index in [2.05, 4.69) is 25.2 Å². The van der Waals surface area contributed by atoms with E-state index in [0.29, 0.717) is 0 Å². The first kappa shape index (κ1) is 32.8. The number of piperazine rings is 1. The van der Waals surface area contributed by atoms with E-state index in [-0.39, 0.29) is 59.2 Å². The molecule has 0 saturated carbocycles. The molecule has 6 heterocycles. The van der Waals surface area contributed by atoms with Crippen molar-refractivity contribution >= 4 is 34.0 Å². The van der Waals surface area contributed by atoms with Crippen LogP contribution in [0.15, 0.2) is 12.1 Å². The van der Waals surface area contributed by atoms with Crippen LogP contribution in [-0.4, -0.2) is 70.3 Å². The molecule has 3 saturated heterocycles. The third-order valence-corrected chi connectivity index (χ3v) is 9.78. The van der Waals surface area contributed by atoms with E-state index >= 15 is 8.78 Å². The van der Waals surface area contributed by atoms with Gasteiger partial charge in [0.05, 0.1) is 39.8 Å². The molecule has 4 aliphatic rings. The summed E-state index contributed by atoms with van der Waals surface area (Å²) in [5.41, 5.74) is 2.67. The van der Waals surface area contributed by atoms with E-state index in [1.54, 1.807) is 6.92 Å². The molecule has 4 aliphatic heterocycles. The quantitative estimate of drug-likeness (QED) is 0.180. The lowest BCUT2D eigenvalue weighted by Gasteiger charge is -2.42. The number of anilines is 2. The highest BCUT2D eigenvalue weighted by atomic mass is 35.5. The molecule has 46 heavy (non-hydrogen) atoms. The average molecular weight is 672 g/mol. The molecule has 3 N–H and O–H groups in total. The Balaban J connectivity index is 0.00000182. The van der Waals surface area contributed by atoms with E-state index in [9.17, 15) is 17.6 Å². The zero-order valence-electron chi connectivity index (χ0n) is 25.7. The fraction of sp³-hybridized carbons (Fsp3) is 0.581. The van der Waals surface area contributed by atoms with Crippen LogP contribution in [0.5, 0.6) is 6.01 Å². The Bertz CT molecular complexity index is 1630. The van der Waals surface area contributed by atoms with Crippen molar-refractivity contribution in [2.24, 2.45) is 5.92 Å². The molecule has 3 aromatic rings. The molecule has 0 amide bonds. The highest BCUT2D eigenvalue weighted by molar-refractivity contribution is 6.32. The van der Waals surface area contributed by atoms with Crippen LogP contribution in [0.1, 0.15) is 57.7 Å². The molecule has 0 bridgehead atoms. The fourth-order valence-corrected chi connectivity index (χ4v) is 7.93. The lowest BCUT2D eigenvalue weighted by Crippen LogP contribution is -2.62. The summed E-state index contributed by atoms with van der Waals surface area (Å²) in [4.78, 5) is 17.1. The second-order valence-electron chi connectivity index (χ2n) is 12.3. The van der Waals surface area contributed by atoms with Crippen molar-refractivity contribution in [2.45, 2.75) is 83.2 Å². The predicted octanol–water partition coefficient (Wildman–Crippen LogP) is 6.68. The number of hydrogen-bond acceptors (Lipinski definition) is 8. The molecule has 3 unspecified atom stereocenters. The van der Waals surface area contributed by atoms with E-state index < -0.39 is 58.4 Å². The molecule has 1 aromatic carbocycles. The third-order valence-electron chi connectivity index (χ3n) is 9.48. The van der Waals surface area contributed by atoms with Gasteiger partial charge < -0.3 is 15.4 Å². The molecule has 0 spiro atoms. The topological polar surface area (TPSA) is 92.4 Å². The van der Waals surface area contributed by atoms with E-state index in [1.165, 1.54) is 4.90 Å². The molecule has 0 radical (unpaired) electrons. The van der Waals surface area contributed by atoms with Crippen LogP contribution in [0.3, 0.4) is 0 Å². The van der Waals surface area contributed by atoms with Crippen LogP contribution in [-0.2, 0) is 12.6 Å². The Labute approximate surface area is 267 Å². The molecule has 4 atom stereocenters. The van der Waals surface area contributed by atoms with Crippen molar-refractivity contribution in [3.8, 4) is 17.3 Å². The van der Waals surface area contributed by atoms with Crippen LogP contribution >= 0.6 is 11.6 Å². The zero-order valence-corrected chi connectivity index (χ0v) is 26.5. The summed E-state index contributed by atoms with van der Waals surface area (Å²) in [5, 5.41) is 1.63. The van der Waals surface area contributed by atoms with Crippen molar-refractivity contribution in [3.63, 3.8) is 0 Å². The molecule has 3 fully saturated rings. The van der Waals surface area contributed by atoms with Gasteiger partial charge in [0.1, 0.15) is 23.6 Å². The predicted molar refractivity (Wildman–Crippen MR) is 164 cm³/mol. The van der Waals surface area contributed by atoms with E-state index in [4.69, 9.17) is 22.1 Å². The second kappa shape index (κ2) is 12.2. The van der Waals surface area contributed by atoms with Crippen molar-refractivity contribution in [3.05, 3.63) is 34.2 Å². The van der Waals surface area contributed by atoms with Gasteiger partial charge in [-0.3, -0.25) is 10.2 Å². The maximum absolute atomic E-state index is 16.6. The minimum atomic E-state index is -4.96. The number of nitrogens with one attached hydrogen (secondary N) is 1. The fourth-order valence-electron chi connectivity index (χ4n) is 7.59. The molecule has 2 aromatic heterocycles. The largest absolute Gasteiger partial charge is 0.461 e. The maximum atomic E-state index is 16.6. The summed E-state index contributed by atoms with van der Waals surface area (Å²) in [7, 11) is 0. The number of pyridine rings is 1. The smallest absolute Gasteiger partial charge is 0.418 e. The first-order valence-electron chi connectivity index (χ1n) is 15.6. The van der Waals surface area contributed by atoms with Gasteiger partial charge in [0, 0.05) is 11.3 Å². The second-order valence-corrected chi connectivity index (χ2v) is 12.7. The molecule has 15 heteroatoms. The first-order chi connectivity index (χ1) is 21.9. The molecule has 7 rings (SSSR count). The number of nitrogen functional groups attached to an aromatic ring is 1. The first-order valence-corrected chi connectivity index (χ1v) is 16.0. The zero-order chi connectivity index (χ0) is 33.1. The van der Waals surface area contributed by atoms with E-state index in [1.807, 2.05) is 13.8 Å². The SMILES string of the molecule is CC.C[C@H]1Cc2nc(-c3cc(N)cc(Cl)c3C(F)(F)F)c(F)c3nc(OCC45CCCN4CCC5)nc(c23)N2CC(F)NC(F)C12. The summed E-state index contributed by atoms with van der Waals surface area (Å²) >= 11 is 5.99. The van der Waals surface area contributed by atoms with Crippen LogP contribution in [0.25, 0.3) is 22.2 Å². The Kier molecular flexibility index (Phi) is 8.68. The molecular formula is C31H36ClF6N7O. The van der Waals surface area contributed by atoms with Crippen molar-refractivity contribution in [1.82, 2.24) is 25.2 Å². The van der Waals surface area contributed by atoms with Gasteiger partial charge in [-0.15, -0.1) is 0 Å². The standard InChI is InChI=1S/C29H30ClF6N7O.C2H6/c1-13-8-17-19-23(21(32)22(38-17)15-9-14(37)10-16(30)20(15)29(34,35)36)40-27(44-12-28-4-2-6-42(28)7-3-5-28)41-26(19)43-11-18(31)39-25(33)24(13)43;1-2/h9-10,13,18,24-25,39H,2-8,11-12,37H2,1H3;1-2H3/t13-,18?,24?,25?;/m0./s1. The summed E-state index contributed by atoms with van der Waals surface area (Å²) in [5.74, 6) is -1.69. The Hall–Kier alpha value is -3.10. The van der Waals surface area contributed by atoms with Gasteiger partial charge >= 0.3 is 12.2 Å². The number of rotatable bonds is 4. The van der Waals surface area contributed by atoms with Crippen LogP contribution < -0.4 is 20.7 Å².